The van der Waals surface area contributed by atoms with E-state index in [1.165, 1.54) is 5.56 Å². The van der Waals surface area contributed by atoms with E-state index in [1.54, 1.807) is 12.4 Å². The zero-order valence-corrected chi connectivity index (χ0v) is 17.0. The normalized spacial score (nSPS) is 16.7. The molecule has 0 N–H and O–H groups in total. The van der Waals surface area contributed by atoms with Gasteiger partial charge in [-0.05, 0) is 50.8 Å². The second-order valence-electron chi connectivity index (χ2n) is 7.69. The lowest BCUT2D eigenvalue weighted by atomic mass is 9.99. The lowest BCUT2D eigenvalue weighted by molar-refractivity contribution is 0.0749. The Bertz CT molecular complexity index is 1040. The van der Waals surface area contributed by atoms with Crippen molar-refractivity contribution in [1.82, 2.24) is 19.9 Å². The molecule has 0 unspecified atom stereocenters. The van der Waals surface area contributed by atoms with Crippen molar-refractivity contribution in [2.75, 3.05) is 6.54 Å². The molecule has 0 bridgehead atoms. The van der Waals surface area contributed by atoms with Gasteiger partial charge in [0.1, 0.15) is 5.82 Å². The molecule has 1 aliphatic heterocycles. The molecule has 0 aliphatic carbocycles. The number of nitrogens with zero attached hydrogens (tertiary/aromatic N) is 4. The van der Waals surface area contributed by atoms with Crippen molar-refractivity contribution < 1.29 is 4.79 Å². The number of rotatable bonds is 3. The zero-order valence-electron chi connectivity index (χ0n) is 17.0. The van der Waals surface area contributed by atoms with Crippen LogP contribution in [-0.2, 0) is 6.42 Å². The molecular formula is C23H26N4O. The van der Waals surface area contributed by atoms with Crippen LogP contribution in [0.1, 0.15) is 54.0 Å². The lowest BCUT2D eigenvalue weighted by Gasteiger charge is -2.23. The van der Waals surface area contributed by atoms with E-state index in [4.69, 9.17) is 4.98 Å². The molecule has 0 saturated carbocycles. The molecule has 1 saturated heterocycles. The standard InChI is InChI=1S/C23H26N4O/c1-5-21-24-12-17(13-25-21)20-11-19(23(28)27-10-6-7-15(27)3)18-9-8-14(2)16(4)22(18)26-20/h8-9,11-13,15H,5-7,10H2,1-4H3/t15-/m0/s1. The summed E-state index contributed by atoms with van der Waals surface area (Å²) in [5, 5.41) is 0.919. The van der Waals surface area contributed by atoms with Crippen molar-refractivity contribution >= 4 is 16.8 Å². The van der Waals surface area contributed by atoms with Gasteiger partial charge in [0.05, 0.1) is 16.8 Å². The number of benzene rings is 1. The molecule has 1 fully saturated rings. The van der Waals surface area contributed by atoms with Gasteiger partial charge in [-0.1, -0.05) is 19.1 Å². The minimum absolute atomic E-state index is 0.0907. The summed E-state index contributed by atoms with van der Waals surface area (Å²) in [7, 11) is 0. The smallest absolute Gasteiger partial charge is 0.254 e. The van der Waals surface area contributed by atoms with E-state index in [9.17, 15) is 4.79 Å². The van der Waals surface area contributed by atoms with Crippen molar-refractivity contribution in [2.45, 2.75) is 53.0 Å². The molecule has 144 valence electrons. The van der Waals surface area contributed by atoms with Crippen molar-refractivity contribution in [3.05, 3.63) is 53.1 Å². The molecule has 0 radical (unpaired) electrons. The first kappa shape index (κ1) is 18.5. The quantitative estimate of drug-likeness (QED) is 0.677. The topological polar surface area (TPSA) is 59.0 Å². The predicted octanol–water partition coefficient (Wildman–Crippen LogP) is 4.50. The number of carbonyl (C=O) groups is 1. The number of carbonyl (C=O) groups excluding carboxylic acids is 1. The molecule has 28 heavy (non-hydrogen) atoms. The molecule has 2 aromatic heterocycles. The van der Waals surface area contributed by atoms with Crippen LogP contribution in [0.5, 0.6) is 0 Å². The maximum absolute atomic E-state index is 13.4. The molecule has 1 aromatic carbocycles. The van der Waals surface area contributed by atoms with E-state index in [0.717, 1.165) is 64.9 Å². The Hall–Kier alpha value is -2.82. The van der Waals surface area contributed by atoms with E-state index >= 15 is 0 Å². The van der Waals surface area contributed by atoms with E-state index < -0.39 is 0 Å². The highest BCUT2D eigenvalue weighted by Crippen LogP contribution is 2.30. The van der Waals surface area contributed by atoms with Crippen molar-refractivity contribution in [3.8, 4) is 11.3 Å². The Morgan fingerprint density at radius 2 is 1.96 bits per heavy atom. The maximum Gasteiger partial charge on any atom is 0.254 e. The molecule has 5 nitrogen and oxygen atoms in total. The van der Waals surface area contributed by atoms with Crippen LogP contribution in [-0.4, -0.2) is 38.3 Å². The van der Waals surface area contributed by atoms with Gasteiger partial charge < -0.3 is 4.90 Å². The third kappa shape index (κ3) is 3.15. The van der Waals surface area contributed by atoms with Gasteiger partial charge in [0.25, 0.3) is 5.91 Å². The van der Waals surface area contributed by atoms with Gasteiger partial charge in [0.15, 0.2) is 0 Å². The summed E-state index contributed by atoms with van der Waals surface area (Å²) in [6, 6.07) is 6.29. The van der Waals surface area contributed by atoms with E-state index in [2.05, 4.69) is 36.8 Å². The van der Waals surface area contributed by atoms with Crippen molar-refractivity contribution in [2.24, 2.45) is 0 Å². The minimum Gasteiger partial charge on any atom is -0.336 e. The third-order valence-electron chi connectivity index (χ3n) is 5.87. The van der Waals surface area contributed by atoms with E-state index in [0.29, 0.717) is 0 Å². The Kier molecular flexibility index (Phi) is 4.84. The van der Waals surface area contributed by atoms with Crippen LogP contribution in [0.15, 0.2) is 30.6 Å². The molecule has 4 rings (SSSR count). The van der Waals surface area contributed by atoms with Gasteiger partial charge in [-0.2, -0.15) is 0 Å². The molecular weight excluding hydrogens is 348 g/mol. The Morgan fingerprint density at radius 3 is 2.61 bits per heavy atom. The molecule has 0 spiro atoms. The van der Waals surface area contributed by atoms with Gasteiger partial charge in [0.2, 0.25) is 0 Å². The summed E-state index contributed by atoms with van der Waals surface area (Å²) in [5.41, 5.74) is 5.46. The average molecular weight is 374 g/mol. The molecule has 3 heterocycles. The zero-order chi connectivity index (χ0) is 19.8. The van der Waals surface area contributed by atoms with E-state index in [1.807, 2.05) is 24.0 Å². The fourth-order valence-electron chi connectivity index (χ4n) is 3.91. The monoisotopic (exact) mass is 374 g/mol. The first-order chi connectivity index (χ1) is 13.5. The number of aryl methyl sites for hydroxylation is 3. The first-order valence-corrected chi connectivity index (χ1v) is 10.0. The summed E-state index contributed by atoms with van der Waals surface area (Å²) in [5.74, 6) is 0.895. The molecule has 1 aliphatic rings. The number of amides is 1. The number of hydrogen-bond donors (Lipinski definition) is 0. The summed E-state index contributed by atoms with van der Waals surface area (Å²) in [6.07, 6.45) is 6.52. The van der Waals surface area contributed by atoms with Gasteiger partial charge in [-0.25, -0.2) is 15.0 Å². The molecule has 1 amide bonds. The fraction of sp³-hybridized carbons (Fsp3) is 0.391. The van der Waals surface area contributed by atoms with Crippen LogP contribution >= 0.6 is 0 Å². The van der Waals surface area contributed by atoms with Gasteiger partial charge in [-0.3, -0.25) is 4.79 Å². The lowest BCUT2D eigenvalue weighted by Crippen LogP contribution is -2.33. The van der Waals surface area contributed by atoms with Crippen LogP contribution in [0.4, 0.5) is 0 Å². The second-order valence-corrected chi connectivity index (χ2v) is 7.69. The minimum atomic E-state index is 0.0907. The Balaban J connectivity index is 1.91. The largest absolute Gasteiger partial charge is 0.336 e. The fourth-order valence-corrected chi connectivity index (χ4v) is 3.91. The van der Waals surface area contributed by atoms with Crippen LogP contribution < -0.4 is 0 Å². The number of pyridine rings is 1. The first-order valence-electron chi connectivity index (χ1n) is 10.0. The third-order valence-corrected chi connectivity index (χ3v) is 5.87. The van der Waals surface area contributed by atoms with Gasteiger partial charge >= 0.3 is 0 Å². The average Bonchev–Trinajstić information content (AvgIpc) is 3.15. The van der Waals surface area contributed by atoms with E-state index in [-0.39, 0.29) is 11.9 Å². The van der Waals surface area contributed by atoms with Crippen molar-refractivity contribution in [1.29, 1.82) is 0 Å². The van der Waals surface area contributed by atoms with Gasteiger partial charge in [0, 0.05) is 42.4 Å². The highest BCUT2D eigenvalue weighted by Gasteiger charge is 2.28. The second kappa shape index (κ2) is 7.30. The Morgan fingerprint density at radius 1 is 1.21 bits per heavy atom. The summed E-state index contributed by atoms with van der Waals surface area (Å²) in [4.78, 5) is 29.1. The predicted molar refractivity (Wildman–Crippen MR) is 111 cm³/mol. The number of fused-ring (bicyclic) bond motifs is 1. The van der Waals surface area contributed by atoms with Crippen LogP contribution in [0, 0.1) is 13.8 Å². The highest BCUT2D eigenvalue weighted by atomic mass is 16.2. The van der Waals surface area contributed by atoms with Crippen LogP contribution in [0.3, 0.4) is 0 Å². The molecule has 3 aromatic rings. The van der Waals surface area contributed by atoms with Crippen LogP contribution in [0.2, 0.25) is 0 Å². The molecule has 5 heteroatoms. The Labute approximate surface area is 165 Å². The SMILES string of the molecule is CCc1ncc(-c2cc(C(=O)N3CCC[C@@H]3C)c3ccc(C)c(C)c3n2)cn1. The molecule has 1 atom stereocenters. The highest BCUT2D eigenvalue weighted by molar-refractivity contribution is 6.08. The summed E-state index contributed by atoms with van der Waals surface area (Å²) >= 11 is 0. The van der Waals surface area contributed by atoms with Gasteiger partial charge in [-0.15, -0.1) is 0 Å². The maximum atomic E-state index is 13.4. The summed E-state index contributed by atoms with van der Waals surface area (Å²) < 4.78 is 0. The van der Waals surface area contributed by atoms with Crippen LogP contribution in [0.25, 0.3) is 22.2 Å². The number of aromatic nitrogens is 3. The summed E-state index contributed by atoms with van der Waals surface area (Å²) in [6.45, 7) is 9.12. The van der Waals surface area contributed by atoms with Crippen molar-refractivity contribution in [3.63, 3.8) is 0 Å². The number of likely N-dealkylation sites (tertiary alicyclic amines) is 1. The number of hydrogen-bond acceptors (Lipinski definition) is 4.